The zero-order chi connectivity index (χ0) is 64.5. The second-order valence-corrected chi connectivity index (χ2v) is 22.9. The molecule has 4 amide bonds. The van der Waals surface area contributed by atoms with Crippen molar-refractivity contribution in [2.75, 3.05) is 67.7 Å². The van der Waals surface area contributed by atoms with Crippen LogP contribution in [0.25, 0.3) is 0 Å². The Labute approximate surface area is 512 Å². The normalized spacial score (nSPS) is 30.4. The number of hydrogen-bond acceptors (Lipinski definition) is 19. The van der Waals surface area contributed by atoms with E-state index in [0.29, 0.717) is 82.5 Å². The molecule has 0 spiro atoms. The van der Waals surface area contributed by atoms with Gasteiger partial charge in [0.25, 0.3) is 11.8 Å². The van der Waals surface area contributed by atoms with Crippen LogP contribution in [-0.4, -0.2) is 163 Å². The third-order valence-electron chi connectivity index (χ3n) is 15.5. The monoisotopic (exact) mass is 1210 g/mol. The summed E-state index contributed by atoms with van der Waals surface area (Å²) in [4.78, 5) is 107. The number of primary amides is 2. The predicted molar refractivity (Wildman–Crippen MR) is 329 cm³/mol. The van der Waals surface area contributed by atoms with Crippen molar-refractivity contribution in [2.45, 2.75) is 143 Å². The van der Waals surface area contributed by atoms with Gasteiger partial charge in [-0.05, 0) is 115 Å². The molecule has 0 unspecified atom stereocenters. The fourth-order valence-electron chi connectivity index (χ4n) is 10.9. The number of carbonyl (C=O) groups is 8. The highest BCUT2D eigenvalue weighted by Crippen LogP contribution is 2.31. The number of methoxy groups -OCH3 is 4. The highest BCUT2D eigenvalue weighted by molar-refractivity contribution is 6.24. The van der Waals surface area contributed by atoms with E-state index in [4.69, 9.17) is 39.9 Å². The van der Waals surface area contributed by atoms with Gasteiger partial charge in [0.05, 0.1) is 41.1 Å². The highest BCUT2D eigenvalue weighted by Gasteiger charge is 2.35. The summed E-state index contributed by atoms with van der Waals surface area (Å²) >= 11 is 0. The molecular weight excluding hydrogens is 1120 g/mol. The number of amides is 4. The third-order valence-corrected chi connectivity index (χ3v) is 15.5. The molecule has 23 heteroatoms. The summed E-state index contributed by atoms with van der Waals surface area (Å²) in [6, 6.07) is 0. The number of hydrogen-bond donors (Lipinski definition) is 9. The summed E-state index contributed by atoms with van der Waals surface area (Å²) < 4.78 is 33.9. The fourth-order valence-corrected chi connectivity index (χ4v) is 10.9. The molecule has 2 aliphatic heterocycles. The summed E-state index contributed by atoms with van der Waals surface area (Å²) in [7, 11) is 5.99. The maximum Gasteiger partial charge on any atom is 0.405 e. The molecule has 4 aliphatic rings. The number of nitrogens with two attached hydrogens (primary N) is 2. The summed E-state index contributed by atoms with van der Waals surface area (Å²) in [5.74, 6) is -4.02. The molecule has 4 bridgehead atoms. The second-order valence-electron chi connectivity index (χ2n) is 22.9. The molecule has 23 nitrogen and oxygen atoms in total. The van der Waals surface area contributed by atoms with Crippen LogP contribution in [0.1, 0.15) is 100 Å². The molecule has 480 valence electrons. The molecule has 4 rings (SSSR count). The summed E-state index contributed by atoms with van der Waals surface area (Å²) in [6.45, 7) is 17.5. The van der Waals surface area contributed by atoms with E-state index in [1.807, 2.05) is 33.8 Å². The summed E-state index contributed by atoms with van der Waals surface area (Å²) in [6.07, 6.45) is 11.0. The first kappa shape index (κ1) is 72.4. The summed E-state index contributed by atoms with van der Waals surface area (Å²) in [5.41, 5.74) is 13.1. The Kier molecular flexibility index (Phi) is 30.1. The average Bonchev–Trinajstić information content (AvgIpc) is 3.79. The molecule has 2 heterocycles. The fraction of sp³-hybridized carbons (Fsp3) is 0.562. The molecule has 0 saturated heterocycles. The first-order valence-electron chi connectivity index (χ1n) is 29.7. The lowest BCUT2D eigenvalue weighted by Crippen LogP contribution is -2.38. The number of ketones is 4. The zero-order valence-electron chi connectivity index (χ0n) is 52.6. The highest BCUT2D eigenvalue weighted by atomic mass is 16.6. The van der Waals surface area contributed by atoms with E-state index in [9.17, 15) is 43.5 Å². The lowest BCUT2D eigenvalue weighted by molar-refractivity contribution is -0.120. The minimum Gasteiger partial charge on any atom is -0.439 e. The summed E-state index contributed by atoms with van der Waals surface area (Å²) in [5, 5.41) is 30.0. The number of rotatable bonds is 19. The Morgan fingerprint density at radius 2 is 1.02 bits per heavy atom. The lowest BCUT2D eigenvalue weighted by atomic mass is 9.85. The van der Waals surface area contributed by atoms with Gasteiger partial charge in [0.15, 0.2) is 12.2 Å². The zero-order valence-corrected chi connectivity index (χ0v) is 52.6. The smallest absolute Gasteiger partial charge is 0.405 e. The van der Waals surface area contributed by atoms with Crippen molar-refractivity contribution in [3.05, 3.63) is 117 Å². The van der Waals surface area contributed by atoms with Crippen molar-refractivity contribution >= 4 is 47.1 Å². The van der Waals surface area contributed by atoms with Crippen molar-refractivity contribution in [3.8, 4) is 0 Å². The Morgan fingerprint density at radius 1 is 0.586 bits per heavy atom. The Balaban J connectivity index is 1.37. The molecule has 0 radical (unpaired) electrons. The molecule has 0 saturated carbocycles. The number of Topliss-reactive ketones (excluding diaryl/α,β-unsaturated/α-hetero) is 2. The van der Waals surface area contributed by atoms with E-state index < -0.39 is 89.7 Å². The molecule has 0 aromatic heterocycles. The molecule has 2 aliphatic carbocycles. The van der Waals surface area contributed by atoms with Gasteiger partial charge in [0.1, 0.15) is 12.2 Å². The number of carbonyl (C=O) groups excluding carboxylic acids is 8. The van der Waals surface area contributed by atoms with Crippen LogP contribution in [0.5, 0.6) is 0 Å². The number of ether oxygens (including phenoxy) is 6. The van der Waals surface area contributed by atoms with E-state index in [1.165, 1.54) is 33.5 Å². The van der Waals surface area contributed by atoms with Crippen LogP contribution >= 0.6 is 0 Å². The Morgan fingerprint density at radius 3 is 1.44 bits per heavy atom. The largest absolute Gasteiger partial charge is 0.439 e. The van der Waals surface area contributed by atoms with Crippen LogP contribution in [0.15, 0.2) is 117 Å². The van der Waals surface area contributed by atoms with E-state index in [2.05, 4.69) is 31.9 Å². The lowest BCUT2D eigenvalue weighted by Gasteiger charge is -2.30. The molecule has 11 atom stereocenters. The van der Waals surface area contributed by atoms with Crippen LogP contribution in [0.2, 0.25) is 0 Å². The number of allylic oxidation sites excluding steroid dienone is 9. The third kappa shape index (κ3) is 22.5. The molecular formula is C64H94N8O15. The number of fused-ring (bicyclic) bond motifs is 4. The SMILES string of the molecule is CO[C@H]1C[C@H](C)CC2=C(NCCCNCCNCCCNC3=C4C[C@@H](C)C[C@H](OC)[C@H](O)[C@@H](C)/C=C(\C)[C@H](OC(N)=O)[C@@H](OC)/C=C\C=C(/C)C(=O)NC(=CC3=O)C4=O)C(=O)C=C(NC(=O)/C(C)=C/C=C\[C@H](OC)[C@@H](OC(N)=O)/C(C)=C/[C@H](C)C1)C2=O. The molecule has 0 fully saturated rings. The van der Waals surface area contributed by atoms with Crippen molar-refractivity contribution in [1.82, 2.24) is 31.9 Å². The van der Waals surface area contributed by atoms with Gasteiger partial charge in [-0.25, -0.2) is 9.59 Å². The second kappa shape index (κ2) is 36.3. The molecule has 87 heavy (non-hydrogen) atoms. The van der Waals surface area contributed by atoms with Gasteiger partial charge in [-0.2, -0.15) is 0 Å². The van der Waals surface area contributed by atoms with Crippen molar-refractivity contribution < 1.29 is 71.9 Å². The van der Waals surface area contributed by atoms with Gasteiger partial charge in [0, 0.05) is 95.0 Å². The van der Waals surface area contributed by atoms with Gasteiger partial charge >= 0.3 is 12.2 Å². The van der Waals surface area contributed by atoms with Gasteiger partial charge in [-0.3, -0.25) is 28.8 Å². The van der Waals surface area contributed by atoms with Crippen molar-refractivity contribution in [2.24, 2.45) is 35.1 Å². The topological polar surface area (TPSA) is 336 Å². The van der Waals surface area contributed by atoms with E-state index in [1.54, 1.807) is 65.2 Å². The van der Waals surface area contributed by atoms with Crippen molar-refractivity contribution in [1.29, 1.82) is 0 Å². The minimum absolute atomic E-state index is 0.0312. The number of aliphatic hydroxyl groups is 1. The average molecular weight is 1220 g/mol. The number of nitrogens with one attached hydrogen (secondary N) is 6. The first-order chi connectivity index (χ1) is 41.3. The van der Waals surface area contributed by atoms with Gasteiger partial charge in [-0.15, -0.1) is 0 Å². The molecule has 11 N–H and O–H groups in total. The maximum absolute atomic E-state index is 14.2. The Hall–Kier alpha value is -7.12. The van der Waals surface area contributed by atoms with Crippen LogP contribution in [-0.2, 0) is 57.2 Å². The van der Waals surface area contributed by atoms with E-state index >= 15 is 0 Å². The van der Waals surface area contributed by atoms with Crippen LogP contribution in [0.4, 0.5) is 9.59 Å². The van der Waals surface area contributed by atoms with Crippen molar-refractivity contribution in [3.63, 3.8) is 0 Å². The molecule has 0 aromatic rings. The minimum atomic E-state index is -1.03. The number of aliphatic hydroxyl groups excluding tert-OH is 1. The Bertz CT molecular complexity index is 2810. The maximum atomic E-state index is 14.2. The van der Waals surface area contributed by atoms with Gasteiger partial charge in [-0.1, -0.05) is 76.3 Å². The van der Waals surface area contributed by atoms with Crippen LogP contribution < -0.4 is 43.4 Å². The predicted octanol–water partition coefficient (Wildman–Crippen LogP) is 4.71. The first-order valence-corrected chi connectivity index (χ1v) is 29.7. The molecule has 0 aromatic carbocycles. The van der Waals surface area contributed by atoms with Crippen LogP contribution in [0, 0.1) is 23.7 Å². The van der Waals surface area contributed by atoms with E-state index in [-0.39, 0.29) is 81.8 Å². The van der Waals surface area contributed by atoms with E-state index in [0.717, 1.165) is 12.2 Å². The van der Waals surface area contributed by atoms with Gasteiger partial charge < -0.3 is 76.9 Å². The van der Waals surface area contributed by atoms with Gasteiger partial charge in [0.2, 0.25) is 23.1 Å². The standard InChI is InChI=1S/C64H94N8O15/c1-36-27-42(7)59(86-63(65)80)51(83-10)19-13-17-39(4)61(78)71-47-34-49(73)54(45(57(47)76)30-37(2)29-44(28-36)82-9)69-23-15-21-67-25-26-68-22-16-24-70-55-46-31-38(3)32-53(85-12)56(75)41(6)33-43(8)60(87-64(66)81)52(84-11)20-14-18-40(5)62(79)72-48(58(46)77)35-50(55)74/h13-14,17-20,27,33-38,41,44,51-53,56,59-60,67-70,75H,15-16,21-26,28-32H2,1-12H3,(H2,65,80)(H2,66,81)(H,71,78)(H,72,79)/b19-13-,20-14-,39-17+,40-18+,42-27+,43-33+/t36-,37-,38+,41-,44+,51-,52-,53-,56+,59-,60-/m0/s1. The quantitative estimate of drug-likeness (QED) is 0.0480. The van der Waals surface area contributed by atoms with Crippen LogP contribution in [0.3, 0.4) is 0 Å².